The number of rotatable bonds is 7. The fraction of sp³-hybridized carbons (Fsp3) is 0.950. The molecule has 0 aromatic heterocycles. The van der Waals surface area contributed by atoms with Crippen LogP contribution in [0.3, 0.4) is 0 Å². The molecule has 0 radical (unpaired) electrons. The van der Waals surface area contributed by atoms with E-state index in [-0.39, 0.29) is 36.6 Å². The third-order valence-corrected chi connectivity index (χ3v) is 6.15. The van der Waals surface area contributed by atoms with E-state index in [0.29, 0.717) is 25.8 Å². The number of hydrogen-bond acceptors (Lipinski definition) is 5. The molecule has 1 aliphatic heterocycles. The maximum Gasteiger partial charge on any atom is 0.412 e. The van der Waals surface area contributed by atoms with Gasteiger partial charge in [0.2, 0.25) is 0 Å². The lowest BCUT2D eigenvalue weighted by Gasteiger charge is -2.45. The Morgan fingerprint density at radius 2 is 1.67 bits per heavy atom. The van der Waals surface area contributed by atoms with Gasteiger partial charge in [-0.3, -0.25) is 4.90 Å². The van der Waals surface area contributed by atoms with Crippen molar-refractivity contribution in [3.63, 3.8) is 0 Å². The normalized spacial score (nSPS) is 24.1. The molecule has 0 spiro atoms. The number of carbonyl (C=O) groups is 1. The van der Waals surface area contributed by atoms with Gasteiger partial charge in [-0.05, 0) is 64.5 Å². The Labute approximate surface area is 167 Å². The minimum Gasteiger partial charge on any atom is -0.444 e. The second-order valence-electron chi connectivity index (χ2n) is 10.1. The molecule has 160 valence electrons. The summed E-state index contributed by atoms with van der Waals surface area (Å²) < 4.78 is 12.3. The predicted molar refractivity (Wildman–Crippen MR) is 110 cm³/mol. The zero-order chi connectivity index (χ0) is 21.0. The summed E-state index contributed by atoms with van der Waals surface area (Å²) in [5.41, 5.74) is -1.42. The number of ether oxygens (including phenoxy) is 1. The predicted octanol–water partition coefficient (Wildman–Crippen LogP) is 3.37. The van der Waals surface area contributed by atoms with Gasteiger partial charge in [-0.15, -0.1) is 0 Å². The summed E-state index contributed by atoms with van der Waals surface area (Å²) in [6.07, 6.45) is 1.30. The first-order chi connectivity index (χ1) is 12.3. The van der Waals surface area contributed by atoms with E-state index in [0.717, 1.165) is 0 Å². The van der Waals surface area contributed by atoms with Crippen LogP contribution in [0.25, 0.3) is 0 Å². The third-order valence-electron chi connectivity index (χ3n) is 5.27. The zero-order valence-corrected chi connectivity index (χ0v) is 19.7. The summed E-state index contributed by atoms with van der Waals surface area (Å²) in [6.45, 7) is 16.9. The molecule has 0 unspecified atom stereocenters. The van der Waals surface area contributed by atoms with Crippen LogP contribution in [0.15, 0.2) is 0 Å². The van der Waals surface area contributed by atoms with Gasteiger partial charge in [0.05, 0.1) is 0 Å². The number of aliphatic hydroxyl groups is 2. The van der Waals surface area contributed by atoms with Gasteiger partial charge in [0.15, 0.2) is 9.04 Å². The number of likely N-dealkylation sites (tertiary alicyclic amines) is 1. The molecule has 1 rings (SSSR count). The average Bonchev–Trinajstić information content (AvgIpc) is 2.85. The van der Waals surface area contributed by atoms with Crippen molar-refractivity contribution in [3.8, 4) is 0 Å². The van der Waals surface area contributed by atoms with Crippen molar-refractivity contribution >= 4 is 15.1 Å². The molecule has 0 aromatic rings. The van der Waals surface area contributed by atoms with Gasteiger partial charge >= 0.3 is 6.09 Å². The van der Waals surface area contributed by atoms with Crippen molar-refractivity contribution in [2.24, 2.45) is 17.3 Å². The molecule has 1 amide bonds. The summed E-state index contributed by atoms with van der Waals surface area (Å²) in [6, 6.07) is 0. The number of nitrogens with zero attached hydrogens (tertiary/aromatic N) is 1. The highest BCUT2D eigenvalue weighted by Gasteiger charge is 2.56. The largest absolute Gasteiger partial charge is 0.444 e. The standard InChI is InChI=1S/C20H41NO5Si/c1-18(2,3)16-13-20(26-27(7)8,15(9-11-22)10-12-23)21(14-16)17(24)25-19(4,5)6/h15-16,22-23,27H,9-14H2,1-8H3/t16-,20-/m0/s1. The van der Waals surface area contributed by atoms with Gasteiger partial charge in [-0.2, -0.15) is 0 Å². The van der Waals surface area contributed by atoms with E-state index in [9.17, 15) is 15.0 Å². The number of carbonyl (C=O) groups excluding carboxylic acids is 1. The minimum absolute atomic E-state index is 0.00221. The van der Waals surface area contributed by atoms with Gasteiger partial charge < -0.3 is 19.4 Å². The molecular formula is C20H41NO5Si. The fourth-order valence-corrected chi connectivity index (χ4v) is 5.17. The van der Waals surface area contributed by atoms with Crippen molar-refractivity contribution in [1.82, 2.24) is 4.90 Å². The Kier molecular flexibility index (Phi) is 8.35. The quantitative estimate of drug-likeness (QED) is 0.637. The Hall–Kier alpha value is -0.633. The second kappa shape index (κ2) is 9.24. The SMILES string of the molecule is C[SiH](C)O[C@]1(C(CCO)CCO)C[C@H](C(C)(C)C)CN1C(=O)OC(C)(C)C. The molecule has 1 heterocycles. The van der Waals surface area contributed by atoms with E-state index in [1.807, 2.05) is 20.8 Å². The highest BCUT2D eigenvalue weighted by molar-refractivity contribution is 6.48. The van der Waals surface area contributed by atoms with Gasteiger partial charge in [-0.1, -0.05) is 20.8 Å². The van der Waals surface area contributed by atoms with Crippen LogP contribution in [0, 0.1) is 17.3 Å². The van der Waals surface area contributed by atoms with Crippen molar-refractivity contribution in [2.45, 2.75) is 85.2 Å². The molecule has 7 heteroatoms. The van der Waals surface area contributed by atoms with E-state index in [4.69, 9.17) is 9.16 Å². The molecule has 0 aromatic carbocycles. The minimum atomic E-state index is -1.52. The highest BCUT2D eigenvalue weighted by atomic mass is 28.3. The Morgan fingerprint density at radius 1 is 1.15 bits per heavy atom. The van der Waals surface area contributed by atoms with E-state index in [1.165, 1.54) is 0 Å². The van der Waals surface area contributed by atoms with Crippen LogP contribution in [0.1, 0.15) is 60.8 Å². The number of aliphatic hydroxyl groups excluding tert-OH is 2. The fourth-order valence-electron chi connectivity index (χ4n) is 3.94. The smallest absolute Gasteiger partial charge is 0.412 e. The summed E-state index contributed by atoms with van der Waals surface area (Å²) in [4.78, 5) is 14.9. The molecule has 0 aliphatic carbocycles. The number of amides is 1. The summed E-state index contributed by atoms with van der Waals surface area (Å²) >= 11 is 0. The van der Waals surface area contributed by atoms with Crippen molar-refractivity contribution in [2.75, 3.05) is 19.8 Å². The number of hydrogen-bond donors (Lipinski definition) is 2. The molecule has 1 saturated heterocycles. The first-order valence-corrected chi connectivity index (χ1v) is 12.9. The topological polar surface area (TPSA) is 79.2 Å². The Bertz CT molecular complexity index is 480. The van der Waals surface area contributed by atoms with Crippen molar-refractivity contribution in [3.05, 3.63) is 0 Å². The summed E-state index contributed by atoms with van der Waals surface area (Å²) in [7, 11) is -1.52. The van der Waals surface area contributed by atoms with Crippen LogP contribution in [0.2, 0.25) is 13.1 Å². The van der Waals surface area contributed by atoms with Gasteiger partial charge in [0, 0.05) is 25.7 Å². The van der Waals surface area contributed by atoms with Gasteiger partial charge in [-0.25, -0.2) is 4.79 Å². The van der Waals surface area contributed by atoms with E-state index >= 15 is 0 Å². The van der Waals surface area contributed by atoms with Gasteiger partial charge in [0.25, 0.3) is 0 Å². The Balaban J connectivity index is 3.41. The molecule has 1 fully saturated rings. The van der Waals surface area contributed by atoms with Crippen LogP contribution in [0.4, 0.5) is 4.79 Å². The van der Waals surface area contributed by atoms with Crippen LogP contribution in [-0.2, 0) is 9.16 Å². The Morgan fingerprint density at radius 3 is 2.04 bits per heavy atom. The monoisotopic (exact) mass is 403 g/mol. The highest BCUT2D eigenvalue weighted by Crippen LogP contribution is 2.48. The molecule has 2 atom stereocenters. The first-order valence-electron chi connectivity index (χ1n) is 10.2. The lowest BCUT2D eigenvalue weighted by atomic mass is 9.76. The lowest BCUT2D eigenvalue weighted by Crippen LogP contribution is -2.57. The van der Waals surface area contributed by atoms with Crippen LogP contribution in [-0.4, -0.2) is 61.3 Å². The lowest BCUT2D eigenvalue weighted by molar-refractivity contribution is -0.114. The zero-order valence-electron chi connectivity index (χ0n) is 18.5. The molecule has 0 bridgehead atoms. The maximum absolute atomic E-state index is 13.2. The first kappa shape index (κ1) is 24.4. The average molecular weight is 404 g/mol. The molecule has 2 N–H and O–H groups in total. The third kappa shape index (κ3) is 6.44. The molecular weight excluding hydrogens is 362 g/mol. The van der Waals surface area contributed by atoms with Crippen LogP contribution < -0.4 is 0 Å². The molecule has 1 aliphatic rings. The van der Waals surface area contributed by atoms with Crippen LogP contribution >= 0.6 is 0 Å². The summed E-state index contributed by atoms with van der Waals surface area (Å²) in [5, 5.41) is 19.3. The van der Waals surface area contributed by atoms with E-state index in [2.05, 4.69) is 33.9 Å². The molecule has 0 saturated carbocycles. The van der Waals surface area contributed by atoms with E-state index in [1.54, 1.807) is 4.90 Å². The molecule has 27 heavy (non-hydrogen) atoms. The summed E-state index contributed by atoms with van der Waals surface area (Å²) in [5.74, 6) is 0.111. The second-order valence-corrected chi connectivity index (χ2v) is 12.4. The van der Waals surface area contributed by atoms with Crippen molar-refractivity contribution < 1.29 is 24.2 Å². The van der Waals surface area contributed by atoms with Crippen molar-refractivity contribution in [1.29, 1.82) is 0 Å². The van der Waals surface area contributed by atoms with Crippen LogP contribution in [0.5, 0.6) is 0 Å². The van der Waals surface area contributed by atoms with E-state index < -0.39 is 20.4 Å². The molecule has 6 nitrogen and oxygen atoms in total. The maximum atomic E-state index is 13.2. The van der Waals surface area contributed by atoms with Gasteiger partial charge in [0.1, 0.15) is 11.3 Å².